The second-order valence-electron chi connectivity index (χ2n) is 29.7. The predicted molar refractivity (Wildman–Crippen MR) is 439 cm³/mol. The number of amides is 1. The van der Waals surface area contributed by atoms with E-state index in [1.54, 1.807) is 70.3 Å². The first-order valence-corrected chi connectivity index (χ1v) is 40.0. The van der Waals surface area contributed by atoms with E-state index in [1.165, 1.54) is 19.0 Å². The topological polar surface area (TPSA) is 270 Å². The minimum Gasteiger partial charge on any atom is -1.00 e. The summed E-state index contributed by atoms with van der Waals surface area (Å²) >= 11 is 37.4. The number of hydrogen-bond donors (Lipinski definition) is 1. The SMILES string of the molecule is CC1(C)O[C@@H]2[C@H](O1)[C@@H](C(=O)N1CCOCC1)O[C@H]2n1ccc2c(Cl)ncnc21.CC1(C)O[C@@H]2[C@H](O1)[C@@H](C(=O)c1ccc(Cl)c(OCc3ccccc3)c1)O[C@H]2n1ccc2c(Cl)ncnc21.CC1(C)O[C@H]2[C@@H](O1)[C@H](n1ccc3c(Cl)ncnc31)O[C@@H]2[C@H](O)c1ccc(Cl)c(OCc2ccccc2)c1.Clc1cc[c-]cc1OCc1ccccc1.[Br-].[Mg+2]. The normalized spacial score (nSPS) is 24.2. The number of benzene rings is 6. The number of ketones is 1. The van der Waals surface area contributed by atoms with E-state index in [0.717, 1.165) is 16.7 Å². The summed E-state index contributed by atoms with van der Waals surface area (Å²) in [5.74, 6) is -1.37. The zero-order valence-corrected chi connectivity index (χ0v) is 72.4. The molecule has 7 fully saturated rings. The van der Waals surface area contributed by atoms with Crippen LogP contribution in [-0.4, -0.2) is 187 Å². The van der Waals surface area contributed by atoms with Crippen LogP contribution in [0.4, 0.5) is 0 Å². The van der Waals surface area contributed by atoms with Gasteiger partial charge in [0, 0.05) is 43.0 Å². The van der Waals surface area contributed by atoms with Crippen LogP contribution in [0.1, 0.15) is 98.9 Å². The smallest absolute Gasteiger partial charge is 1.00 e. The fourth-order valence-electron chi connectivity index (χ4n) is 15.1. The minimum absolute atomic E-state index is 0. The number of nitrogens with zero attached hydrogens (tertiary/aromatic N) is 10. The van der Waals surface area contributed by atoms with Gasteiger partial charge >= 0.3 is 23.1 Å². The maximum absolute atomic E-state index is 13.8. The quantitative estimate of drug-likeness (QED) is 0.0384. The molecule has 26 nitrogen and oxygen atoms in total. The minimum atomic E-state index is -1.04. The van der Waals surface area contributed by atoms with Crippen molar-refractivity contribution in [2.24, 2.45) is 0 Å². The third-order valence-electron chi connectivity index (χ3n) is 20.5. The molecule has 19 rings (SSSR count). The van der Waals surface area contributed by atoms with Crippen LogP contribution in [0.15, 0.2) is 201 Å². The van der Waals surface area contributed by atoms with Gasteiger partial charge in [-0.15, -0.1) is 23.7 Å². The van der Waals surface area contributed by atoms with Gasteiger partial charge in [-0.1, -0.05) is 155 Å². The molecular formula is C85H79BrCl6MgN10O16. The standard InChI is InChI=1S/C27H25Cl2N3O5.C27H23Cl2N3O5.C18H21ClN4O5.C13H10ClO.BrH.Mg/c2*1-27(2)36-22-21(35-26(23(22)37-27)32-11-10-17-24(29)30-14-31-25(17)32)20(33)16-8-9-18(28)19(12-16)34-13-15-6-4-3-5-7-15;1-18(2)27-11-12(16(24)22-5-7-25-8-6-22)26-17(13(11)28-18)23-4-3-10-14(19)20-9-21-15(10)23;14-12-8-4-5-9-13(12)15-10-11-6-2-1-3-7-11;;/h3-12,14,20-23,26,33H,13H2,1-2H3;3-12,14,21-23,26H,13H2,1-2H3;3-4,9,11-13,17H,5-8H2,1-2H3;1-4,6-9H,10H2;1H;/q;;;-1;;+2/p-1/t20-,21-,22-,23-,26-;21-,22-,23-,26-;11-,12+,13-,17-;;;/m111.../s1. The summed E-state index contributed by atoms with van der Waals surface area (Å²) in [7, 11) is 0. The number of carbonyl (C=O) groups excluding carboxylic acids is 2. The summed E-state index contributed by atoms with van der Waals surface area (Å²) in [6.45, 7) is 14.3. The van der Waals surface area contributed by atoms with Gasteiger partial charge in [0.25, 0.3) is 5.91 Å². The molecule has 7 aliphatic rings. The van der Waals surface area contributed by atoms with Crippen LogP contribution in [0.25, 0.3) is 33.1 Å². The number of aliphatic hydroxyl groups is 1. The van der Waals surface area contributed by atoms with E-state index in [1.807, 2.05) is 172 Å². The molecule has 0 bridgehead atoms. The molecule has 0 saturated carbocycles. The van der Waals surface area contributed by atoms with Gasteiger partial charge in [0.2, 0.25) is 0 Å². The molecule has 1 amide bonds. The summed E-state index contributed by atoms with van der Waals surface area (Å²) in [5.41, 5.74) is 5.91. The predicted octanol–water partition coefficient (Wildman–Crippen LogP) is 12.8. The Bertz CT molecular complexity index is 5550. The number of ether oxygens (including phenoxy) is 13. The van der Waals surface area contributed by atoms with Gasteiger partial charge in [-0.25, -0.2) is 29.9 Å². The number of aromatic nitrogens is 9. The number of halogens is 7. The number of carbonyl (C=O) groups is 2. The third kappa shape index (κ3) is 19.2. The second kappa shape index (κ2) is 37.5. The van der Waals surface area contributed by atoms with Crippen LogP contribution in [0.5, 0.6) is 17.2 Å². The molecule has 13 heterocycles. The van der Waals surface area contributed by atoms with Gasteiger partial charge in [0.05, 0.1) is 46.0 Å². The van der Waals surface area contributed by atoms with Crippen LogP contribution < -0.4 is 31.2 Å². The number of Topliss-reactive ketones (excluding diaryl/α,β-unsaturated/α-hetero) is 1. The summed E-state index contributed by atoms with van der Waals surface area (Å²) in [4.78, 5) is 53.8. The molecule has 34 heteroatoms. The molecule has 0 radical (unpaired) electrons. The van der Waals surface area contributed by atoms with E-state index in [0.29, 0.717) is 138 Å². The molecule has 1 N–H and O–H groups in total. The average molecular weight is 1810 g/mol. The van der Waals surface area contributed by atoms with Crippen molar-refractivity contribution in [2.75, 3.05) is 26.3 Å². The van der Waals surface area contributed by atoms with E-state index < -0.39 is 97.1 Å². The van der Waals surface area contributed by atoms with Crippen molar-refractivity contribution in [1.82, 2.24) is 48.5 Å². The van der Waals surface area contributed by atoms with Crippen molar-refractivity contribution in [3.05, 3.63) is 266 Å². The Morgan fingerprint density at radius 2 is 0.874 bits per heavy atom. The van der Waals surface area contributed by atoms with Crippen LogP contribution in [0, 0.1) is 6.07 Å². The van der Waals surface area contributed by atoms with Gasteiger partial charge in [-0.05, 0) is 117 Å². The van der Waals surface area contributed by atoms with Crippen molar-refractivity contribution in [3.63, 3.8) is 0 Å². The zero-order chi connectivity index (χ0) is 81.4. The molecule has 7 saturated heterocycles. The molecule has 12 aromatic rings. The van der Waals surface area contributed by atoms with Crippen molar-refractivity contribution >= 4 is 137 Å². The van der Waals surface area contributed by atoms with E-state index in [9.17, 15) is 14.7 Å². The fourth-order valence-corrected chi connectivity index (χ4v) is 16.2. The van der Waals surface area contributed by atoms with Crippen molar-refractivity contribution in [2.45, 2.75) is 158 Å². The Labute approximate surface area is 741 Å². The molecule has 6 aromatic carbocycles. The average Bonchev–Trinajstić information content (AvgIpc) is 1.60. The Kier molecular flexibility index (Phi) is 27.6. The molecule has 616 valence electrons. The van der Waals surface area contributed by atoms with E-state index >= 15 is 0 Å². The molecule has 119 heavy (non-hydrogen) atoms. The van der Waals surface area contributed by atoms with Crippen LogP contribution in [0.2, 0.25) is 30.5 Å². The molecular weight excluding hydrogens is 1730 g/mol. The Morgan fingerprint density at radius 3 is 1.34 bits per heavy atom. The molecule has 0 aliphatic carbocycles. The summed E-state index contributed by atoms with van der Waals surface area (Å²) < 4.78 is 84.2. The maximum atomic E-state index is 13.8. The first kappa shape index (κ1) is 87.6. The van der Waals surface area contributed by atoms with E-state index in [2.05, 4.69) is 36.0 Å². The number of morpholine rings is 1. The van der Waals surface area contributed by atoms with Gasteiger partial charge < -0.3 is 102 Å². The molecule has 0 spiro atoms. The van der Waals surface area contributed by atoms with Gasteiger partial charge in [-0.3, -0.25) is 9.59 Å². The molecule has 6 aromatic heterocycles. The zero-order valence-electron chi connectivity index (χ0n) is 64.9. The molecule has 13 atom stereocenters. The van der Waals surface area contributed by atoms with Crippen molar-refractivity contribution in [1.29, 1.82) is 0 Å². The largest absolute Gasteiger partial charge is 2.00 e. The summed E-state index contributed by atoms with van der Waals surface area (Å²) in [5, 5.41) is 16.1. The first-order valence-electron chi connectivity index (χ1n) is 37.7. The van der Waals surface area contributed by atoms with Crippen molar-refractivity contribution in [3.8, 4) is 17.2 Å². The van der Waals surface area contributed by atoms with Crippen molar-refractivity contribution < 1.29 is 93.3 Å². The van der Waals surface area contributed by atoms with Gasteiger partial charge in [0.15, 0.2) is 54.0 Å². The Morgan fingerprint density at radius 1 is 0.479 bits per heavy atom. The number of fused-ring (bicyclic) bond motifs is 6. The monoisotopic (exact) mass is 1810 g/mol. The maximum Gasteiger partial charge on any atom is 2.00 e. The first-order chi connectivity index (χ1) is 56.4. The van der Waals surface area contributed by atoms with Gasteiger partial charge in [-0.2, -0.15) is 12.1 Å². The fraction of sp³-hybridized carbons (Fsp3) is 0.341. The van der Waals surface area contributed by atoms with E-state index in [4.69, 9.17) is 131 Å². The number of hydrogen-bond acceptors (Lipinski definition) is 22. The van der Waals surface area contributed by atoms with E-state index in [-0.39, 0.29) is 51.7 Å². The number of rotatable bonds is 17. The Hall–Kier alpha value is -7.73. The van der Waals surface area contributed by atoms with Crippen LogP contribution >= 0.6 is 69.6 Å². The Balaban J connectivity index is 0.000000135. The van der Waals surface area contributed by atoms with Crippen LogP contribution in [0.3, 0.4) is 0 Å². The molecule has 7 aliphatic heterocycles. The third-order valence-corrected chi connectivity index (χ3v) is 22.3. The molecule has 0 unspecified atom stereocenters. The summed E-state index contributed by atoms with van der Waals surface area (Å²) in [6.07, 6.45) is 1.21. The second-order valence-corrected chi connectivity index (χ2v) is 32.0. The van der Waals surface area contributed by atoms with Gasteiger partial charge in [0.1, 0.15) is 125 Å². The summed E-state index contributed by atoms with van der Waals surface area (Å²) in [6, 6.07) is 53.3. The van der Waals surface area contributed by atoms with Crippen LogP contribution in [-0.2, 0) is 72.0 Å². The number of aliphatic hydroxyl groups excluding tert-OH is 1.